The van der Waals surface area contributed by atoms with Crippen molar-refractivity contribution in [3.8, 4) is 0 Å². The molecular formula is C3Cl2F5. The van der Waals surface area contributed by atoms with Gasteiger partial charge in [-0.2, -0.15) is 17.6 Å². The summed E-state index contributed by atoms with van der Waals surface area (Å²) in [6.07, 6.45) is -3.27. The van der Waals surface area contributed by atoms with Crippen LogP contribution in [0.5, 0.6) is 0 Å². The maximum atomic E-state index is 11.8. The summed E-state index contributed by atoms with van der Waals surface area (Å²) < 4.78 is 57.1. The van der Waals surface area contributed by atoms with Gasteiger partial charge in [-0.15, -0.1) is 0 Å². The average Bonchev–Trinajstić information content (AvgIpc) is 1.62. The third-order valence-electron chi connectivity index (χ3n) is 0.593. The molecule has 1 radical (unpaired) electrons. The maximum Gasteiger partial charge on any atom is 0.375 e. The van der Waals surface area contributed by atoms with Crippen LogP contribution in [0.1, 0.15) is 0 Å². The first-order valence-electron chi connectivity index (χ1n) is 1.82. The van der Waals surface area contributed by atoms with Crippen LogP contribution in [-0.4, -0.2) is 10.5 Å². The molecule has 0 aromatic rings. The molecule has 1 unspecified atom stereocenters. The van der Waals surface area contributed by atoms with E-state index in [2.05, 4.69) is 23.2 Å². The highest BCUT2D eigenvalue weighted by molar-refractivity contribution is 6.33. The summed E-state index contributed by atoms with van der Waals surface area (Å²) in [5.74, 6) is 0. The van der Waals surface area contributed by atoms with Gasteiger partial charge in [-0.1, -0.05) is 11.6 Å². The zero-order valence-corrected chi connectivity index (χ0v) is 5.66. The van der Waals surface area contributed by atoms with E-state index < -0.39 is 16.9 Å². The van der Waals surface area contributed by atoms with E-state index in [0.29, 0.717) is 0 Å². The lowest BCUT2D eigenvalue weighted by Gasteiger charge is -2.19. The van der Waals surface area contributed by atoms with Crippen molar-refractivity contribution in [3.05, 3.63) is 6.43 Å². The zero-order valence-electron chi connectivity index (χ0n) is 4.15. The van der Waals surface area contributed by atoms with Gasteiger partial charge in [0.2, 0.25) is 0 Å². The molecule has 10 heavy (non-hydrogen) atoms. The van der Waals surface area contributed by atoms with Gasteiger partial charge in [0.15, 0.2) is 0 Å². The van der Waals surface area contributed by atoms with Gasteiger partial charge in [0.25, 0.3) is 0 Å². The van der Waals surface area contributed by atoms with Crippen LogP contribution in [0.2, 0.25) is 0 Å². The van der Waals surface area contributed by atoms with Gasteiger partial charge in [-0.3, -0.25) is 0 Å². The van der Waals surface area contributed by atoms with E-state index in [0.717, 1.165) is 0 Å². The molecule has 0 heterocycles. The summed E-state index contributed by atoms with van der Waals surface area (Å²) in [5, 5.41) is -9.37. The molecule has 0 fully saturated rings. The van der Waals surface area contributed by atoms with Crippen molar-refractivity contribution in [1.29, 1.82) is 0 Å². The molecule has 0 spiro atoms. The fourth-order valence-corrected chi connectivity index (χ4v) is 0.179. The first-order valence-corrected chi connectivity index (χ1v) is 2.58. The summed E-state index contributed by atoms with van der Waals surface area (Å²) in [4.78, 5) is 0. The van der Waals surface area contributed by atoms with Crippen LogP contribution < -0.4 is 0 Å². The molecule has 0 saturated heterocycles. The van der Waals surface area contributed by atoms with Gasteiger partial charge >= 0.3 is 16.9 Å². The van der Waals surface area contributed by atoms with Crippen LogP contribution in [-0.2, 0) is 0 Å². The number of rotatable bonds is 2. The minimum Gasteiger partial charge on any atom is -0.211 e. The summed E-state index contributed by atoms with van der Waals surface area (Å²) in [7, 11) is 0. The van der Waals surface area contributed by atoms with Crippen molar-refractivity contribution < 1.29 is 22.0 Å². The molecule has 0 bridgehead atoms. The predicted molar refractivity (Wildman–Crippen MR) is 26.0 cm³/mol. The summed E-state index contributed by atoms with van der Waals surface area (Å²) in [6, 6.07) is 0. The molecule has 0 aromatic carbocycles. The van der Waals surface area contributed by atoms with Crippen molar-refractivity contribution in [1.82, 2.24) is 0 Å². The fraction of sp³-hybridized carbons (Fsp3) is 0.667. The molecule has 0 N–H and O–H groups in total. The average molecular weight is 202 g/mol. The van der Waals surface area contributed by atoms with Gasteiger partial charge in [0.1, 0.15) is 0 Å². The monoisotopic (exact) mass is 201 g/mol. The standard InChI is InChI=1S/C3Cl2F5/c4-2(8,1(6)7)3(5,9)10. The molecule has 0 aromatic heterocycles. The van der Waals surface area contributed by atoms with Crippen molar-refractivity contribution in [2.45, 2.75) is 10.5 Å². The van der Waals surface area contributed by atoms with Crippen LogP contribution in [0.3, 0.4) is 0 Å². The minimum absolute atomic E-state index is 3.27. The third kappa shape index (κ3) is 1.85. The Morgan fingerprint density at radius 3 is 1.30 bits per heavy atom. The van der Waals surface area contributed by atoms with E-state index in [1.54, 1.807) is 0 Å². The normalized spacial score (nSPS) is 19.2. The van der Waals surface area contributed by atoms with Gasteiger partial charge in [-0.25, -0.2) is 4.39 Å². The topological polar surface area (TPSA) is 0 Å². The Morgan fingerprint density at radius 1 is 1.00 bits per heavy atom. The zero-order chi connectivity index (χ0) is 8.58. The van der Waals surface area contributed by atoms with Crippen molar-refractivity contribution in [2.75, 3.05) is 0 Å². The van der Waals surface area contributed by atoms with Crippen molar-refractivity contribution >= 4 is 23.2 Å². The van der Waals surface area contributed by atoms with Gasteiger partial charge in [0, 0.05) is 0 Å². The Hall–Kier alpha value is 0.230. The van der Waals surface area contributed by atoms with E-state index in [4.69, 9.17) is 0 Å². The summed E-state index contributed by atoms with van der Waals surface area (Å²) in [6.45, 7) is 0. The van der Waals surface area contributed by atoms with Crippen molar-refractivity contribution in [3.63, 3.8) is 0 Å². The fourth-order valence-electron chi connectivity index (χ4n) is 0.107. The Balaban J connectivity index is 4.40. The Labute approximate surface area is 62.9 Å². The van der Waals surface area contributed by atoms with Crippen LogP contribution in [0.15, 0.2) is 0 Å². The van der Waals surface area contributed by atoms with E-state index in [9.17, 15) is 22.0 Å². The molecule has 1 atom stereocenters. The van der Waals surface area contributed by atoms with E-state index in [1.807, 2.05) is 0 Å². The van der Waals surface area contributed by atoms with E-state index in [-0.39, 0.29) is 0 Å². The smallest absolute Gasteiger partial charge is 0.211 e. The van der Waals surface area contributed by atoms with E-state index >= 15 is 0 Å². The molecule has 0 aliphatic rings. The lowest BCUT2D eigenvalue weighted by Crippen LogP contribution is -2.36. The van der Waals surface area contributed by atoms with Crippen LogP contribution in [0, 0.1) is 6.43 Å². The highest BCUT2D eigenvalue weighted by Crippen LogP contribution is 2.46. The number of hydrogen-bond acceptors (Lipinski definition) is 0. The highest BCUT2D eigenvalue weighted by Gasteiger charge is 2.61. The van der Waals surface area contributed by atoms with Gasteiger partial charge in [-0.05, 0) is 11.6 Å². The first-order chi connectivity index (χ1) is 4.19. The molecule has 7 heteroatoms. The molecule has 0 aliphatic heterocycles. The number of alkyl halides is 5. The first kappa shape index (κ1) is 10.2. The Kier molecular flexibility index (Phi) is 2.76. The molecule has 0 saturated carbocycles. The SMILES string of the molecule is F[C](F)C(F)(Cl)C(F)(F)Cl. The second kappa shape index (κ2) is 2.70. The summed E-state index contributed by atoms with van der Waals surface area (Å²) in [5.41, 5.74) is 0. The second-order valence-corrected chi connectivity index (χ2v) is 2.33. The van der Waals surface area contributed by atoms with E-state index in [1.165, 1.54) is 0 Å². The quantitative estimate of drug-likeness (QED) is 0.476. The molecular weight excluding hydrogens is 202 g/mol. The predicted octanol–water partition coefficient (Wildman–Crippen LogP) is 3.15. The van der Waals surface area contributed by atoms with Gasteiger partial charge < -0.3 is 0 Å². The minimum atomic E-state index is -4.80. The molecule has 0 amide bonds. The van der Waals surface area contributed by atoms with Crippen LogP contribution in [0.25, 0.3) is 0 Å². The molecule has 0 nitrogen and oxygen atoms in total. The largest absolute Gasteiger partial charge is 0.375 e. The Bertz CT molecular complexity index is 117. The second-order valence-electron chi connectivity index (χ2n) is 1.33. The lowest BCUT2D eigenvalue weighted by atomic mass is 10.4. The number of halogens is 7. The van der Waals surface area contributed by atoms with Crippen molar-refractivity contribution in [2.24, 2.45) is 0 Å². The maximum absolute atomic E-state index is 11.8. The highest BCUT2D eigenvalue weighted by atomic mass is 35.5. The molecule has 61 valence electrons. The molecule has 0 aliphatic carbocycles. The van der Waals surface area contributed by atoms with Crippen LogP contribution in [0.4, 0.5) is 22.0 Å². The summed E-state index contributed by atoms with van der Waals surface area (Å²) >= 11 is 7.89. The molecule has 0 rings (SSSR count). The third-order valence-corrected chi connectivity index (χ3v) is 1.33. The number of hydrogen-bond donors (Lipinski definition) is 0. The van der Waals surface area contributed by atoms with Crippen LogP contribution >= 0.6 is 23.2 Å². The Morgan fingerprint density at radius 2 is 1.30 bits per heavy atom. The van der Waals surface area contributed by atoms with Gasteiger partial charge in [0.05, 0.1) is 0 Å². The lowest BCUT2D eigenvalue weighted by molar-refractivity contribution is -0.0522.